The van der Waals surface area contributed by atoms with Gasteiger partial charge in [0.15, 0.2) is 0 Å². The molecule has 29 heavy (non-hydrogen) atoms. The Hall–Kier alpha value is -3.54. The van der Waals surface area contributed by atoms with Crippen molar-refractivity contribution in [2.75, 3.05) is 0 Å². The van der Waals surface area contributed by atoms with E-state index in [0.29, 0.717) is 17.2 Å². The van der Waals surface area contributed by atoms with Crippen molar-refractivity contribution in [3.05, 3.63) is 113 Å². The number of halogens is 1. The fourth-order valence-electron chi connectivity index (χ4n) is 3.22. The Labute approximate surface area is 175 Å². The van der Waals surface area contributed by atoms with Crippen LogP contribution in [0.15, 0.2) is 91.0 Å². The quantitative estimate of drug-likeness (QED) is 0.266. The van der Waals surface area contributed by atoms with Gasteiger partial charge in [0.25, 0.3) is 0 Å². The predicted molar refractivity (Wildman–Crippen MR) is 120 cm³/mol. The summed E-state index contributed by atoms with van der Waals surface area (Å²) in [6.45, 7) is 0.505. The zero-order chi connectivity index (χ0) is 20.1. The molecule has 0 saturated heterocycles. The molecule has 4 aromatic carbocycles. The van der Waals surface area contributed by atoms with E-state index in [1.807, 2.05) is 54.6 Å². The zero-order valence-electron chi connectivity index (χ0n) is 15.7. The largest absolute Gasteiger partial charge is 0.489 e. The number of allylic oxidation sites excluding steroid dienone is 1. The monoisotopic (exact) mass is 395 g/mol. The molecule has 0 aliphatic heterocycles. The summed E-state index contributed by atoms with van der Waals surface area (Å²) in [7, 11) is 0. The Morgan fingerprint density at radius 3 is 2.34 bits per heavy atom. The van der Waals surface area contributed by atoms with Crippen molar-refractivity contribution >= 4 is 34.0 Å². The summed E-state index contributed by atoms with van der Waals surface area (Å²) < 4.78 is 5.98. The first-order chi connectivity index (χ1) is 14.2. The SMILES string of the molecule is N#C/C(=C/c1ccc(OCc2cccc3ccccc23)cc1)c1ccc(Cl)cc1. The van der Waals surface area contributed by atoms with Gasteiger partial charge in [0.05, 0.1) is 11.6 Å². The van der Waals surface area contributed by atoms with Gasteiger partial charge in [-0.25, -0.2) is 0 Å². The second kappa shape index (κ2) is 8.65. The van der Waals surface area contributed by atoms with Crippen molar-refractivity contribution in [2.45, 2.75) is 6.61 Å². The molecule has 0 fully saturated rings. The Balaban J connectivity index is 1.49. The number of rotatable bonds is 5. The molecule has 4 rings (SSSR count). The maximum atomic E-state index is 9.49. The van der Waals surface area contributed by atoms with E-state index < -0.39 is 0 Å². The molecule has 0 spiro atoms. The highest BCUT2D eigenvalue weighted by atomic mass is 35.5. The normalized spacial score (nSPS) is 11.2. The van der Waals surface area contributed by atoms with Crippen molar-refractivity contribution in [3.63, 3.8) is 0 Å². The van der Waals surface area contributed by atoms with E-state index in [4.69, 9.17) is 16.3 Å². The number of benzene rings is 4. The summed E-state index contributed by atoms with van der Waals surface area (Å²) in [5.41, 5.74) is 3.52. The van der Waals surface area contributed by atoms with Crippen LogP contribution in [0, 0.1) is 11.3 Å². The summed E-state index contributed by atoms with van der Waals surface area (Å²) >= 11 is 5.93. The van der Waals surface area contributed by atoms with Crippen LogP contribution in [0.2, 0.25) is 5.02 Å². The van der Waals surface area contributed by atoms with Crippen LogP contribution in [0.3, 0.4) is 0 Å². The Kier molecular flexibility index (Phi) is 5.61. The maximum Gasteiger partial charge on any atom is 0.119 e. The third kappa shape index (κ3) is 4.48. The zero-order valence-corrected chi connectivity index (χ0v) is 16.4. The fraction of sp³-hybridized carbons (Fsp3) is 0.0385. The fourth-order valence-corrected chi connectivity index (χ4v) is 3.34. The van der Waals surface area contributed by atoms with E-state index in [1.165, 1.54) is 10.8 Å². The minimum atomic E-state index is 0.505. The molecule has 0 aliphatic rings. The first-order valence-corrected chi connectivity index (χ1v) is 9.68. The molecule has 0 saturated carbocycles. The summed E-state index contributed by atoms with van der Waals surface area (Å²) in [5.74, 6) is 0.792. The minimum Gasteiger partial charge on any atom is -0.489 e. The molecule has 0 amide bonds. The number of ether oxygens (including phenoxy) is 1. The van der Waals surface area contributed by atoms with E-state index in [-0.39, 0.29) is 0 Å². The summed E-state index contributed by atoms with van der Waals surface area (Å²) in [5, 5.41) is 12.6. The lowest BCUT2D eigenvalue weighted by atomic mass is 10.0. The van der Waals surface area contributed by atoms with Gasteiger partial charge in [-0.3, -0.25) is 0 Å². The van der Waals surface area contributed by atoms with Crippen molar-refractivity contribution < 1.29 is 4.74 Å². The van der Waals surface area contributed by atoms with E-state index in [2.05, 4.69) is 36.4 Å². The predicted octanol–water partition coefficient (Wildman–Crippen LogP) is 7.14. The van der Waals surface area contributed by atoms with Crippen LogP contribution < -0.4 is 4.74 Å². The van der Waals surface area contributed by atoms with Crippen LogP contribution in [0.25, 0.3) is 22.4 Å². The minimum absolute atomic E-state index is 0.505. The standard InChI is InChI=1S/C26H18ClNO/c27-24-12-10-20(11-13-24)23(17-28)16-19-8-14-25(15-9-19)29-18-22-6-3-5-21-4-1-2-7-26(21)22/h1-16H,18H2/b23-16-. The molecule has 2 nitrogen and oxygen atoms in total. The van der Waals surface area contributed by atoms with E-state index in [0.717, 1.165) is 22.4 Å². The number of nitriles is 1. The van der Waals surface area contributed by atoms with Gasteiger partial charge in [0, 0.05) is 5.02 Å². The summed E-state index contributed by atoms with van der Waals surface area (Å²) in [4.78, 5) is 0. The summed E-state index contributed by atoms with van der Waals surface area (Å²) in [6.07, 6.45) is 1.86. The van der Waals surface area contributed by atoms with Crippen molar-refractivity contribution in [1.82, 2.24) is 0 Å². The molecule has 4 aromatic rings. The van der Waals surface area contributed by atoms with Gasteiger partial charge >= 0.3 is 0 Å². The average Bonchev–Trinajstić information content (AvgIpc) is 2.77. The Morgan fingerprint density at radius 2 is 1.59 bits per heavy atom. The second-order valence-corrected chi connectivity index (χ2v) is 7.11. The third-order valence-electron chi connectivity index (χ3n) is 4.74. The lowest BCUT2D eigenvalue weighted by Gasteiger charge is -2.09. The van der Waals surface area contributed by atoms with Crippen molar-refractivity contribution in [2.24, 2.45) is 0 Å². The van der Waals surface area contributed by atoms with Gasteiger partial charge < -0.3 is 4.74 Å². The van der Waals surface area contributed by atoms with Crippen LogP contribution in [0.5, 0.6) is 5.75 Å². The third-order valence-corrected chi connectivity index (χ3v) is 4.99. The first kappa shape index (κ1) is 18.8. The molecule has 0 atom stereocenters. The second-order valence-electron chi connectivity index (χ2n) is 6.67. The molecule has 0 aromatic heterocycles. The van der Waals surface area contributed by atoms with Gasteiger partial charge in [-0.15, -0.1) is 0 Å². The average molecular weight is 396 g/mol. The molecular weight excluding hydrogens is 378 g/mol. The van der Waals surface area contributed by atoms with Gasteiger partial charge in [0.2, 0.25) is 0 Å². The first-order valence-electron chi connectivity index (χ1n) is 9.30. The molecule has 0 aliphatic carbocycles. The Bertz CT molecular complexity index is 1200. The Morgan fingerprint density at radius 1 is 0.862 bits per heavy atom. The number of hydrogen-bond donors (Lipinski definition) is 0. The summed E-state index contributed by atoms with van der Waals surface area (Å²) in [6, 6.07) is 31.8. The van der Waals surface area contributed by atoms with Gasteiger partial charge in [-0.1, -0.05) is 78.3 Å². The van der Waals surface area contributed by atoms with E-state index >= 15 is 0 Å². The number of hydrogen-bond acceptors (Lipinski definition) is 2. The highest BCUT2D eigenvalue weighted by Gasteiger charge is 2.03. The van der Waals surface area contributed by atoms with Crippen molar-refractivity contribution in [3.8, 4) is 11.8 Å². The van der Waals surface area contributed by atoms with Crippen LogP contribution in [0.4, 0.5) is 0 Å². The van der Waals surface area contributed by atoms with E-state index in [9.17, 15) is 5.26 Å². The van der Waals surface area contributed by atoms with Gasteiger partial charge in [0.1, 0.15) is 12.4 Å². The molecule has 0 N–H and O–H groups in total. The van der Waals surface area contributed by atoms with Crippen LogP contribution in [-0.4, -0.2) is 0 Å². The van der Waals surface area contributed by atoms with Gasteiger partial charge in [-0.2, -0.15) is 5.26 Å². The maximum absolute atomic E-state index is 9.49. The molecule has 0 radical (unpaired) electrons. The topological polar surface area (TPSA) is 33.0 Å². The lowest BCUT2D eigenvalue weighted by Crippen LogP contribution is -1.96. The number of fused-ring (bicyclic) bond motifs is 1. The molecule has 0 unspecified atom stereocenters. The van der Waals surface area contributed by atoms with Crippen molar-refractivity contribution in [1.29, 1.82) is 5.26 Å². The molecular formula is C26H18ClNO. The van der Waals surface area contributed by atoms with E-state index in [1.54, 1.807) is 12.1 Å². The van der Waals surface area contributed by atoms with Gasteiger partial charge in [-0.05, 0) is 57.8 Å². The molecule has 0 bridgehead atoms. The number of nitrogens with zero attached hydrogens (tertiary/aromatic N) is 1. The molecule has 140 valence electrons. The van der Waals surface area contributed by atoms with Crippen LogP contribution in [0.1, 0.15) is 16.7 Å². The smallest absolute Gasteiger partial charge is 0.119 e. The molecule has 0 heterocycles. The highest BCUT2D eigenvalue weighted by Crippen LogP contribution is 2.23. The molecule has 3 heteroatoms. The lowest BCUT2D eigenvalue weighted by molar-refractivity contribution is 0.307. The van der Waals surface area contributed by atoms with Crippen LogP contribution >= 0.6 is 11.6 Å². The highest BCUT2D eigenvalue weighted by molar-refractivity contribution is 6.30. The van der Waals surface area contributed by atoms with Crippen LogP contribution in [-0.2, 0) is 6.61 Å².